The highest BCUT2D eigenvalue weighted by atomic mass is 14.4. The van der Waals surface area contributed by atoms with Gasteiger partial charge in [-0.25, -0.2) is 0 Å². The van der Waals surface area contributed by atoms with Gasteiger partial charge in [-0.1, -0.05) is 87.0 Å². The van der Waals surface area contributed by atoms with E-state index in [2.05, 4.69) is 80.3 Å². The molecule has 0 spiro atoms. The molecule has 2 aromatic carbocycles. The van der Waals surface area contributed by atoms with Gasteiger partial charge in [-0.15, -0.1) is 0 Å². The van der Waals surface area contributed by atoms with Crippen molar-refractivity contribution < 1.29 is 0 Å². The van der Waals surface area contributed by atoms with Crippen molar-refractivity contribution in [2.24, 2.45) is 11.7 Å². The summed E-state index contributed by atoms with van der Waals surface area (Å²) in [6, 6.07) is 18.5. The zero-order valence-electron chi connectivity index (χ0n) is 19.7. The van der Waals surface area contributed by atoms with Gasteiger partial charge in [0.1, 0.15) is 0 Å². The van der Waals surface area contributed by atoms with Gasteiger partial charge in [0.05, 0.1) is 0 Å². The molecule has 162 valence electrons. The normalized spacial score (nSPS) is 20.6. The molecule has 0 aromatic heterocycles. The summed E-state index contributed by atoms with van der Waals surface area (Å²) in [4.78, 5) is 0. The number of hydrogen-bond acceptors (Lipinski definition) is 1. The largest absolute Gasteiger partial charge is 0.333 e. The molecule has 1 heteroatoms. The van der Waals surface area contributed by atoms with Crippen LogP contribution in [0.1, 0.15) is 83.3 Å². The minimum atomic E-state index is 0.704. The molecule has 2 atom stereocenters. The van der Waals surface area contributed by atoms with Crippen LogP contribution in [0.5, 0.6) is 0 Å². The molecule has 2 aromatic rings. The van der Waals surface area contributed by atoms with Crippen LogP contribution in [-0.2, 0) is 0 Å². The Bertz CT molecular complexity index is 808. The van der Waals surface area contributed by atoms with Crippen molar-refractivity contribution in [3.05, 3.63) is 77.4 Å². The Hall–Kier alpha value is -2.12. The average molecular weight is 404 g/mol. The molecule has 0 fully saturated rings. The van der Waals surface area contributed by atoms with Crippen LogP contribution >= 0.6 is 0 Å². The summed E-state index contributed by atoms with van der Waals surface area (Å²) in [6.45, 7) is 8.61. The van der Waals surface area contributed by atoms with Crippen LogP contribution in [-0.4, -0.2) is 7.05 Å². The second-order valence-electron chi connectivity index (χ2n) is 8.33. The zero-order chi connectivity index (χ0) is 21.9. The molecule has 0 heterocycles. The lowest BCUT2D eigenvalue weighted by atomic mass is 9.84. The van der Waals surface area contributed by atoms with Crippen molar-refractivity contribution in [1.82, 2.24) is 0 Å². The van der Waals surface area contributed by atoms with Gasteiger partial charge in [0.2, 0.25) is 0 Å². The molecule has 0 saturated heterocycles. The maximum absolute atomic E-state index is 4.50. The highest BCUT2D eigenvalue weighted by Crippen LogP contribution is 2.34. The summed E-state index contributed by atoms with van der Waals surface area (Å²) in [5.74, 6) is 1.55. The van der Waals surface area contributed by atoms with Crippen LogP contribution in [0, 0.1) is 5.92 Å². The maximum Gasteiger partial charge on any atom is -0.0124 e. The van der Waals surface area contributed by atoms with E-state index in [1.807, 2.05) is 13.8 Å². The van der Waals surface area contributed by atoms with Crippen LogP contribution in [0.3, 0.4) is 0 Å². The van der Waals surface area contributed by atoms with Crippen molar-refractivity contribution in [3.8, 4) is 11.1 Å². The predicted octanol–water partition coefficient (Wildman–Crippen LogP) is 8.37. The SMILES string of the molecule is CC.CC1=CCC(c2ccc(-c3ccc(C4=CCC(C)CC4)cc3)cc2)CC1.CN. The second kappa shape index (κ2) is 12.5. The van der Waals surface area contributed by atoms with Gasteiger partial charge in [0.15, 0.2) is 0 Å². The number of benzene rings is 2. The van der Waals surface area contributed by atoms with E-state index in [4.69, 9.17) is 0 Å². The minimum Gasteiger partial charge on any atom is -0.333 e. The minimum absolute atomic E-state index is 0.704. The summed E-state index contributed by atoms with van der Waals surface area (Å²) in [6.07, 6.45) is 12.4. The zero-order valence-corrected chi connectivity index (χ0v) is 19.7. The van der Waals surface area contributed by atoms with E-state index in [0.717, 1.165) is 5.92 Å². The van der Waals surface area contributed by atoms with Gasteiger partial charge in [0, 0.05) is 0 Å². The summed E-state index contributed by atoms with van der Waals surface area (Å²) >= 11 is 0. The molecule has 2 unspecified atom stereocenters. The van der Waals surface area contributed by atoms with Gasteiger partial charge in [-0.05, 0) is 92.2 Å². The molecule has 0 bridgehead atoms. The topological polar surface area (TPSA) is 26.0 Å². The Morgan fingerprint density at radius 3 is 1.77 bits per heavy atom. The molecular weight excluding hydrogens is 362 g/mol. The summed E-state index contributed by atoms with van der Waals surface area (Å²) < 4.78 is 0. The number of rotatable bonds is 3. The van der Waals surface area contributed by atoms with E-state index >= 15 is 0 Å². The highest BCUT2D eigenvalue weighted by Gasteiger charge is 2.15. The van der Waals surface area contributed by atoms with Gasteiger partial charge in [-0.3, -0.25) is 0 Å². The first-order valence-corrected chi connectivity index (χ1v) is 11.8. The summed E-state index contributed by atoms with van der Waals surface area (Å²) in [5, 5.41) is 0. The molecule has 2 aliphatic carbocycles. The number of allylic oxidation sites excluding steroid dienone is 4. The number of hydrogen-bond donors (Lipinski definition) is 1. The van der Waals surface area contributed by atoms with E-state index < -0.39 is 0 Å². The molecule has 0 amide bonds. The molecule has 2 aliphatic rings. The van der Waals surface area contributed by atoms with Crippen molar-refractivity contribution >= 4 is 5.57 Å². The highest BCUT2D eigenvalue weighted by molar-refractivity contribution is 5.71. The van der Waals surface area contributed by atoms with Crippen LogP contribution in [0.15, 0.2) is 66.3 Å². The Morgan fingerprint density at radius 1 is 0.700 bits per heavy atom. The third-order valence-electron chi connectivity index (χ3n) is 6.28. The fourth-order valence-corrected chi connectivity index (χ4v) is 4.32. The van der Waals surface area contributed by atoms with Gasteiger partial charge >= 0.3 is 0 Å². The van der Waals surface area contributed by atoms with Gasteiger partial charge in [-0.2, -0.15) is 0 Å². The molecule has 0 saturated carbocycles. The standard InChI is InChI=1S/C26H30.C2H6.CH5N/c1-19-3-7-21(8-4-19)23-11-15-25(16-12-23)26-17-13-24(14-18-26)22-9-5-20(2)6-10-22;2*1-2/h3,9,11-18,20-21H,4-8,10H2,1-2H3;1-2H3;2H2,1H3. The Labute approximate surface area is 185 Å². The van der Waals surface area contributed by atoms with Crippen molar-refractivity contribution in [1.29, 1.82) is 0 Å². The van der Waals surface area contributed by atoms with Crippen molar-refractivity contribution in [2.75, 3.05) is 7.05 Å². The van der Waals surface area contributed by atoms with Crippen LogP contribution in [0.25, 0.3) is 16.7 Å². The van der Waals surface area contributed by atoms with Gasteiger partial charge < -0.3 is 5.73 Å². The maximum atomic E-state index is 4.50. The van der Waals surface area contributed by atoms with Crippen molar-refractivity contribution in [2.45, 2.75) is 72.1 Å². The molecule has 1 nitrogen and oxygen atoms in total. The molecule has 4 rings (SSSR count). The van der Waals surface area contributed by atoms with Crippen LogP contribution in [0.4, 0.5) is 0 Å². The van der Waals surface area contributed by atoms with E-state index in [-0.39, 0.29) is 0 Å². The summed E-state index contributed by atoms with van der Waals surface area (Å²) in [5.41, 5.74) is 13.1. The van der Waals surface area contributed by atoms with Crippen LogP contribution < -0.4 is 5.73 Å². The third kappa shape index (κ3) is 6.44. The van der Waals surface area contributed by atoms with E-state index in [1.165, 1.54) is 73.4 Å². The summed E-state index contributed by atoms with van der Waals surface area (Å²) in [7, 11) is 1.50. The van der Waals surface area contributed by atoms with E-state index in [9.17, 15) is 0 Å². The van der Waals surface area contributed by atoms with E-state index in [0.29, 0.717) is 5.92 Å². The fourth-order valence-electron chi connectivity index (χ4n) is 4.32. The third-order valence-corrected chi connectivity index (χ3v) is 6.28. The Morgan fingerprint density at radius 2 is 1.27 bits per heavy atom. The van der Waals surface area contributed by atoms with Gasteiger partial charge in [0.25, 0.3) is 0 Å². The first-order valence-electron chi connectivity index (χ1n) is 11.8. The lowest BCUT2D eigenvalue weighted by Crippen LogP contribution is -2.03. The number of nitrogens with two attached hydrogens (primary N) is 1. The molecule has 0 aliphatic heterocycles. The average Bonchev–Trinajstić information content (AvgIpc) is 2.83. The lowest BCUT2D eigenvalue weighted by molar-refractivity contribution is 0.534. The first-order chi connectivity index (χ1) is 14.7. The monoisotopic (exact) mass is 403 g/mol. The second-order valence-corrected chi connectivity index (χ2v) is 8.33. The van der Waals surface area contributed by atoms with E-state index in [1.54, 1.807) is 5.57 Å². The first kappa shape index (κ1) is 24.2. The quantitative estimate of drug-likeness (QED) is 0.512. The molecule has 30 heavy (non-hydrogen) atoms. The molecule has 0 radical (unpaired) electrons. The smallest absolute Gasteiger partial charge is 0.0124 e. The van der Waals surface area contributed by atoms with Crippen molar-refractivity contribution in [3.63, 3.8) is 0 Å². The fraction of sp³-hybridized carbons (Fsp3) is 0.448. The molecule has 2 N–H and O–H groups in total. The predicted molar refractivity (Wildman–Crippen MR) is 135 cm³/mol. The Balaban J connectivity index is 0.000000757. The molecular formula is C29H41N. The lowest BCUT2D eigenvalue weighted by Gasteiger charge is -2.21. The van der Waals surface area contributed by atoms with Crippen LogP contribution in [0.2, 0.25) is 0 Å². The Kier molecular flexibility index (Phi) is 10.1.